The second kappa shape index (κ2) is 6.27. The Morgan fingerprint density at radius 3 is 2.86 bits per heavy atom. The maximum absolute atomic E-state index is 12.0. The van der Waals surface area contributed by atoms with Crippen LogP contribution in [0.1, 0.15) is 0 Å². The summed E-state index contributed by atoms with van der Waals surface area (Å²) in [6.07, 6.45) is 1.34. The van der Waals surface area contributed by atoms with Gasteiger partial charge in [-0.1, -0.05) is 6.07 Å². The molecule has 0 bridgehead atoms. The molecule has 0 unspecified atom stereocenters. The molecule has 1 aromatic carbocycles. The maximum atomic E-state index is 12.0. The molecule has 8 nitrogen and oxygen atoms in total. The van der Waals surface area contributed by atoms with Crippen LogP contribution in [0.4, 0.5) is 5.69 Å². The van der Waals surface area contributed by atoms with Crippen molar-refractivity contribution in [2.24, 2.45) is 0 Å². The zero-order valence-corrected chi connectivity index (χ0v) is 12.0. The van der Waals surface area contributed by atoms with Crippen LogP contribution in [0.15, 0.2) is 41.6 Å². The monoisotopic (exact) mass is 310 g/mol. The van der Waals surface area contributed by atoms with Crippen molar-refractivity contribution in [1.82, 2.24) is 15.5 Å². The molecule has 0 fully saturated rings. The Hall–Kier alpha value is -2.55. The van der Waals surface area contributed by atoms with Crippen LogP contribution in [0, 0.1) is 0 Å². The smallest absolute Gasteiger partial charge is 0.278 e. The van der Waals surface area contributed by atoms with Gasteiger partial charge in [-0.2, -0.15) is 13.5 Å². The second-order valence-corrected chi connectivity index (χ2v) is 5.67. The van der Waals surface area contributed by atoms with Gasteiger partial charge >= 0.3 is 0 Å². The summed E-state index contributed by atoms with van der Waals surface area (Å²) in [4.78, 5) is 11.1. The van der Waals surface area contributed by atoms with E-state index >= 15 is 0 Å². The van der Waals surface area contributed by atoms with E-state index in [1.807, 2.05) is 0 Å². The largest absolute Gasteiger partial charge is 0.484 e. The molecule has 112 valence electrons. The summed E-state index contributed by atoms with van der Waals surface area (Å²) >= 11 is 0. The van der Waals surface area contributed by atoms with Crippen LogP contribution in [-0.4, -0.2) is 38.2 Å². The van der Waals surface area contributed by atoms with Gasteiger partial charge in [0.2, 0.25) is 0 Å². The Labute approximate surface area is 121 Å². The highest BCUT2D eigenvalue weighted by Gasteiger charge is 2.15. The number of amides is 1. The van der Waals surface area contributed by atoms with Crippen LogP contribution < -0.4 is 14.8 Å². The average Bonchev–Trinajstić information content (AvgIpc) is 2.99. The van der Waals surface area contributed by atoms with E-state index in [1.54, 1.807) is 18.2 Å². The van der Waals surface area contributed by atoms with Crippen LogP contribution >= 0.6 is 0 Å². The molecule has 0 saturated carbocycles. The second-order valence-electron chi connectivity index (χ2n) is 4.02. The van der Waals surface area contributed by atoms with Gasteiger partial charge in [-0.3, -0.25) is 14.6 Å². The number of rotatable bonds is 6. The number of nitrogens with zero attached hydrogens (tertiary/aromatic N) is 1. The van der Waals surface area contributed by atoms with Crippen LogP contribution in [-0.2, 0) is 14.8 Å². The lowest BCUT2D eigenvalue weighted by molar-refractivity contribution is -0.122. The first-order valence-electron chi connectivity index (χ1n) is 5.97. The van der Waals surface area contributed by atoms with Crippen molar-refractivity contribution in [2.45, 2.75) is 5.03 Å². The van der Waals surface area contributed by atoms with Crippen molar-refractivity contribution in [1.29, 1.82) is 0 Å². The van der Waals surface area contributed by atoms with Gasteiger partial charge in [0.25, 0.3) is 15.9 Å². The number of hydrogen-bond donors (Lipinski definition) is 3. The number of ether oxygens (including phenoxy) is 1. The first-order chi connectivity index (χ1) is 10.0. The van der Waals surface area contributed by atoms with Crippen molar-refractivity contribution in [3.8, 4) is 5.75 Å². The summed E-state index contributed by atoms with van der Waals surface area (Å²) in [5.41, 5.74) is 0.319. The molecule has 2 aromatic rings. The van der Waals surface area contributed by atoms with E-state index in [-0.39, 0.29) is 17.5 Å². The molecule has 3 N–H and O–H groups in total. The fraction of sp³-hybridized carbons (Fsp3) is 0.167. The van der Waals surface area contributed by atoms with E-state index < -0.39 is 10.0 Å². The Kier molecular flexibility index (Phi) is 4.43. The summed E-state index contributed by atoms with van der Waals surface area (Å²) in [5.74, 6) is 0.0989. The number of carbonyl (C=O) groups excluding carboxylic acids is 1. The normalized spacial score (nSPS) is 10.9. The first kappa shape index (κ1) is 14.9. The number of aromatic nitrogens is 2. The molecule has 2 rings (SSSR count). The Balaban J connectivity index is 2.09. The number of H-pyrrole nitrogens is 1. The maximum Gasteiger partial charge on any atom is 0.278 e. The highest BCUT2D eigenvalue weighted by molar-refractivity contribution is 7.92. The van der Waals surface area contributed by atoms with Gasteiger partial charge in [-0.05, 0) is 18.2 Å². The van der Waals surface area contributed by atoms with Crippen molar-refractivity contribution in [2.75, 3.05) is 18.4 Å². The number of likely N-dealkylation sites (N-methyl/N-ethyl adjacent to an activating group) is 1. The van der Waals surface area contributed by atoms with Crippen LogP contribution in [0.3, 0.4) is 0 Å². The Bertz CT molecular complexity index is 713. The third-order valence-corrected chi connectivity index (χ3v) is 3.81. The third kappa shape index (κ3) is 3.96. The zero-order chi connectivity index (χ0) is 15.3. The summed E-state index contributed by atoms with van der Waals surface area (Å²) in [6, 6.07) is 7.63. The Morgan fingerprint density at radius 2 is 2.19 bits per heavy atom. The topological polar surface area (TPSA) is 113 Å². The lowest BCUT2D eigenvalue weighted by atomic mass is 10.3. The number of hydrogen-bond acceptors (Lipinski definition) is 5. The fourth-order valence-electron chi connectivity index (χ4n) is 1.47. The summed E-state index contributed by atoms with van der Waals surface area (Å²) in [5, 5.41) is 8.35. The fourth-order valence-corrected chi connectivity index (χ4v) is 2.43. The van der Waals surface area contributed by atoms with Crippen molar-refractivity contribution in [3.05, 3.63) is 36.5 Å². The molecule has 0 aliphatic rings. The van der Waals surface area contributed by atoms with E-state index in [9.17, 15) is 13.2 Å². The lowest BCUT2D eigenvalue weighted by Gasteiger charge is -2.09. The molecule has 0 aliphatic heterocycles. The number of carbonyl (C=O) groups is 1. The van der Waals surface area contributed by atoms with Gasteiger partial charge in [0.1, 0.15) is 5.75 Å². The van der Waals surface area contributed by atoms with Crippen LogP contribution in [0.25, 0.3) is 0 Å². The SMILES string of the molecule is CNC(=O)COc1cccc(NS(=O)(=O)c2ccn[nH]2)c1. The number of nitrogens with one attached hydrogen (secondary N) is 3. The molecule has 0 spiro atoms. The molecular formula is C12H14N4O4S. The quantitative estimate of drug-likeness (QED) is 0.712. The summed E-state index contributed by atoms with van der Waals surface area (Å²) in [7, 11) is -2.22. The minimum atomic E-state index is -3.73. The van der Waals surface area contributed by atoms with Gasteiger partial charge in [0.15, 0.2) is 11.6 Å². The number of benzene rings is 1. The molecule has 0 radical (unpaired) electrons. The molecule has 0 saturated heterocycles. The zero-order valence-electron chi connectivity index (χ0n) is 11.2. The van der Waals surface area contributed by atoms with Crippen LogP contribution in [0.2, 0.25) is 0 Å². The van der Waals surface area contributed by atoms with E-state index in [0.717, 1.165) is 0 Å². The number of anilines is 1. The first-order valence-corrected chi connectivity index (χ1v) is 7.45. The summed E-state index contributed by atoms with van der Waals surface area (Å²) < 4.78 is 31.6. The van der Waals surface area contributed by atoms with Gasteiger partial charge < -0.3 is 10.1 Å². The third-order valence-electron chi connectivity index (χ3n) is 2.50. The van der Waals surface area contributed by atoms with Gasteiger partial charge in [-0.25, -0.2) is 0 Å². The predicted molar refractivity (Wildman–Crippen MR) is 75.4 cm³/mol. The van der Waals surface area contributed by atoms with E-state index in [4.69, 9.17) is 4.74 Å². The van der Waals surface area contributed by atoms with E-state index in [2.05, 4.69) is 20.2 Å². The van der Waals surface area contributed by atoms with Gasteiger partial charge in [0, 0.05) is 13.1 Å². The standard InChI is InChI=1S/C12H14N4O4S/c1-13-11(17)8-20-10-4-2-3-9(7-10)16-21(18,19)12-5-6-14-15-12/h2-7,16H,8H2,1H3,(H,13,17)(H,14,15). The molecule has 9 heteroatoms. The van der Waals surface area contributed by atoms with Crippen LogP contribution in [0.5, 0.6) is 5.75 Å². The molecule has 1 aromatic heterocycles. The minimum Gasteiger partial charge on any atom is -0.484 e. The number of sulfonamides is 1. The number of aromatic amines is 1. The van der Waals surface area contributed by atoms with Gasteiger partial charge in [-0.15, -0.1) is 0 Å². The molecule has 0 aliphatic carbocycles. The Morgan fingerprint density at radius 1 is 1.38 bits per heavy atom. The molecule has 1 amide bonds. The highest BCUT2D eigenvalue weighted by Crippen LogP contribution is 2.20. The molecular weight excluding hydrogens is 296 g/mol. The van der Waals surface area contributed by atoms with Crippen molar-refractivity contribution < 1.29 is 17.9 Å². The summed E-state index contributed by atoms with van der Waals surface area (Å²) in [6.45, 7) is -0.146. The lowest BCUT2D eigenvalue weighted by Crippen LogP contribution is -2.24. The highest BCUT2D eigenvalue weighted by atomic mass is 32.2. The van der Waals surface area contributed by atoms with Crippen molar-refractivity contribution >= 4 is 21.6 Å². The predicted octanol–water partition coefficient (Wildman–Crippen LogP) is 0.335. The average molecular weight is 310 g/mol. The molecule has 0 atom stereocenters. The molecule has 1 heterocycles. The van der Waals surface area contributed by atoms with E-state index in [1.165, 1.54) is 25.4 Å². The van der Waals surface area contributed by atoms with E-state index in [0.29, 0.717) is 11.4 Å². The van der Waals surface area contributed by atoms with Gasteiger partial charge in [0.05, 0.1) is 11.9 Å². The minimum absolute atomic E-state index is 0.0424. The van der Waals surface area contributed by atoms with Crippen molar-refractivity contribution in [3.63, 3.8) is 0 Å². The molecule has 21 heavy (non-hydrogen) atoms.